The third-order valence-electron chi connectivity index (χ3n) is 6.25. The predicted molar refractivity (Wildman–Crippen MR) is 128 cm³/mol. The smallest absolute Gasteiger partial charge is 0.295 e. The number of fused-ring (bicyclic) bond motifs is 1. The molecule has 1 unspecified atom stereocenters. The van der Waals surface area contributed by atoms with Gasteiger partial charge in [-0.1, -0.05) is 35.9 Å². The van der Waals surface area contributed by atoms with Crippen molar-refractivity contribution in [3.8, 4) is 0 Å². The molecule has 1 atom stereocenters. The van der Waals surface area contributed by atoms with Gasteiger partial charge >= 0.3 is 0 Å². The summed E-state index contributed by atoms with van der Waals surface area (Å²) in [6.45, 7) is 6.99. The maximum Gasteiger partial charge on any atom is 0.295 e. The fourth-order valence-electron chi connectivity index (χ4n) is 4.44. The Bertz CT molecular complexity index is 1250. The van der Waals surface area contributed by atoms with Crippen molar-refractivity contribution < 1.29 is 14.7 Å². The van der Waals surface area contributed by atoms with Crippen molar-refractivity contribution in [1.82, 2.24) is 19.2 Å². The van der Waals surface area contributed by atoms with Crippen LogP contribution in [0.25, 0.3) is 11.4 Å². The number of carbonyl (C=O) groups excluding carboxylic acids is 2. The molecule has 3 heterocycles. The van der Waals surface area contributed by atoms with Crippen molar-refractivity contribution in [1.29, 1.82) is 0 Å². The molecule has 1 amide bonds. The third-order valence-corrected chi connectivity index (χ3v) is 6.25. The Morgan fingerprint density at radius 2 is 1.79 bits per heavy atom. The lowest BCUT2D eigenvalue weighted by molar-refractivity contribution is -0.139. The highest BCUT2D eigenvalue weighted by Gasteiger charge is 2.46. The first-order valence-corrected chi connectivity index (χ1v) is 11.1. The highest BCUT2D eigenvalue weighted by molar-refractivity contribution is 6.46. The van der Waals surface area contributed by atoms with Gasteiger partial charge in [0.15, 0.2) is 5.76 Å². The number of nitrogens with zero attached hydrogens (tertiary/aromatic N) is 4. The van der Waals surface area contributed by atoms with Gasteiger partial charge in [-0.25, -0.2) is 4.98 Å². The minimum Gasteiger partial charge on any atom is -0.505 e. The molecule has 0 radical (unpaired) electrons. The highest BCUT2D eigenvalue weighted by atomic mass is 16.3. The first kappa shape index (κ1) is 22.7. The van der Waals surface area contributed by atoms with Crippen LogP contribution >= 0.6 is 0 Å². The van der Waals surface area contributed by atoms with Crippen molar-refractivity contribution in [2.75, 3.05) is 27.2 Å². The van der Waals surface area contributed by atoms with Gasteiger partial charge in [0.2, 0.25) is 0 Å². The first-order chi connectivity index (χ1) is 15.7. The van der Waals surface area contributed by atoms with E-state index in [0.29, 0.717) is 23.6 Å². The summed E-state index contributed by atoms with van der Waals surface area (Å²) in [5.41, 5.74) is 4.68. The van der Waals surface area contributed by atoms with Gasteiger partial charge < -0.3 is 19.3 Å². The molecule has 7 nitrogen and oxygen atoms in total. The van der Waals surface area contributed by atoms with Gasteiger partial charge in [-0.2, -0.15) is 0 Å². The largest absolute Gasteiger partial charge is 0.505 e. The fourth-order valence-corrected chi connectivity index (χ4v) is 4.44. The molecular formula is C26H30N4O3. The second-order valence-electron chi connectivity index (χ2n) is 8.99. The summed E-state index contributed by atoms with van der Waals surface area (Å²) in [5.74, 6) is -1.48. The molecule has 172 valence electrons. The molecule has 0 spiro atoms. The zero-order chi connectivity index (χ0) is 23.9. The fraction of sp³-hybridized carbons (Fsp3) is 0.346. The summed E-state index contributed by atoms with van der Waals surface area (Å²) in [7, 11) is 3.94. The van der Waals surface area contributed by atoms with Gasteiger partial charge in [0.05, 0.1) is 17.3 Å². The molecule has 0 aliphatic carbocycles. The lowest BCUT2D eigenvalue weighted by Crippen LogP contribution is -2.32. The first-order valence-electron chi connectivity index (χ1n) is 11.1. The van der Waals surface area contributed by atoms with E-state index in [1.807, 2.05) is 86.8 Å². The van der Waals surface area contributed by atoms with Crippen LogP contribution < -0.4 is 0 Å². The minimum atomic E-state index is -0.670. The number of ketones is 1. The summed E-state index contributed by atoms with van der Waals surface area (Å²) in [6, 6.07) is 10.9. The summed E-state index contributed by atoms with van der Waals surface area (Å²) >= 11 is 0. The molecular weight excluding hydrogens is 416 g/mol. The maximum absolute atomic E-state index is 13.2. The number of aliphatic hydroxyl groups is 1. The van der Waals surface area contributed by atoms with E-state index in [-0.39, 0.29) is 11.3 Å². The molecule has 0 bridgehead atoms. The van der Waals surface area contributed by atoms with E-state index in [9.17, 15) is 14.7 Å². The monoisotopic (exact) mass is 446 g/mol. The molecule has 33 heavy (non-hydrogen) atoms. The predicted octanol–water partition coefficient (Wildman–Crippen LogP) is 3.63. The number of pyridine rings is 1. The molecule has 7 heteroatoms. The van der Waals surface area contributed by atoms with Gasteiger partial charge in [-0.3, -0.25) is 9.59 Å². The number of amides is 1. The number of aromatic nitrogens is 2. The van der Waals surface area contributed by atoms with Crippen LogP contribution in [0.15, 0.2) is 48.2 Å². The van der Waals surface area contributed by atoms with Crippen LogP contribution in [-0.4, -0.2) is 63.2 Å². The van der Waals surface area contributed by atoms with Gasteiger partial charge in [0.1, 0.15) is 11.3 Å². The lowest BCUT2D eigenvalue weighted by atomic mass is 9.95. The van der Waals surface area contributed by atoms with Crippen LogP contribution in [0.2, 0.25) is 0 Å². The van der Waals surface area contributed by atoms with Crippen LogP contribution in [0.1, 0.15) is 40.5 Å². The number of aliphatic hydroxyl groups excluding tert-OH is 1. The second kappa shape index (κ2) is 8.83. The maximum atomic E-state index is 13.2. The summed E-state index contributed by atoms with van der Waals surface area (Å²) in [5, 5.41) is 11.4. The molecule has 2 aromatic heterocycles. The average molecular weight is 447 g/mol. The number of aryl methyl sites for hydroxylation is 3. The Labute approximate surface area is 194 Å². The van der Waals surface area contributed by atoms with Crippen molar-refractivity contribution >= 4 is 23.1 Å². The SMILES string of the molecule is Cc1ccc(C2/C(=C(\O)c3nc4c(C)cccn4c3C)C(=O)C(=O)N2CCCN(C)C)cc1. The van der Waals surface area contributed by atoms with Gasteiger partial charge in [-0.05, 0) is 65.0 Å². The molecule has 3 aromatic rings. The summed E-state index contributed by atoms with van der Waals surface area (Å²) in [6.07, 6.45) is 2.59. The minimum absolute atomic E-state index is 0.0952. The van der Waals surface area contributed by atoms with E-state index >= 15 is 0 Å². The number of imidazole rings is 1. The zero-order valence-corrected chi connectivity index (χ0v) is 19.8. The second-order valence-corrected chi connectivity index (χ2v) is 8.99. The van der Waals surface area contributed by atoms with Crippen LogP contribution in [0, 0.1) is 20.8 Å². The molecule has 1 fully saturated rings. The summed E-state index contributed by atoms with van der Waals surface area (Å²) < 4.78 is 1.89. The van der Waals surface area contributed by atoms with Crippen LogP contribution in [0.5, 0.6) is 0 Å². The Hall–Kier alpha value is -3.45. The standard InChI is InChI=1S/C26H30N4O3/c1-16-9-11-19(12-10-16)22-20(24(32)26(33)30(22)15-7-13-28(4)5)23(31)21-18(3)29-14-6-8-17(2)25(29)27-21/h6,8-12,14,22,31H,7,13,15H2,1-5H3/b23-20+. The number of carbonyl (C=O) groups is 2. The van der Waals surface area contributed by atoms with Crippen LogP contribution in [-0.2, 0) is 9.59 Å². The molecule has 4 rings (SSSR count). The number of rotatable bonds is 6. The summed E-state index contributed by atoms with van der Waals surface area (Å²) in [4.78, 5) is 34.6. The van der Waals surface area contributed by atoms with Crippen LogP contribution in [0.3, 0.4) is 0 Å². The Morgan fingerprint density at radius 3 is 2.42 bits per heavy atom. The normalized spacial score (nSPS) is 18.1. The van der Waals surface area contributed by atoms with Crippen molar-refractivity contribution in [3.05, 3.63) is 76.2 Å². The molecule has 1 aromatic carbocycles. The number of likely N-dealkylation sites (tertiary alicyclic amines) is 1. The van der Waals surface area contributed by atoms with E-state index < -0.39 is 17.7 Å². The van der Waals surface area contributed by atoms with E-state index in [0.717, 1.165) is 29.7 Å². The third kappa shape index (κ3) is 4.04. The van der Waals surface area contributed by atoms with E-state index in [2.05, 4.69) is 4.98 Å². The Balaban J connectivity index is 1.87. The van der Waals surface area contributed by atoms with Gasteiger partial charge in [0, 0.05) is 12.7 Å². The van der Waals surface area contributed by atoms with Crippen molar-refractivity contribution in [3.63, 3.8) is 0 Å². The number of hydrogen-bond acceptors (Lipinski definition) is 5. The number of benzene rings is 1. The highest BCUT2D eigenvalue weighted by Crippen LogP contribution is 2.40. The van der Waals surface area contributed by atoms with E-state index in [1.54, 1.807) is 4.90 Å². The Kier molecular flexibility index (Phi) is 6.08. The molecule has 1 N–H and O–H groups in total. The van der Waals surface area contributed by atoms with Crippen molar-refractivity contribution in [2.24, 2.45) is 0 Å². The van der Waals surface area contributed by atoms with Gasteiger partial charge in [-0.15, -0.1) is 0 Å². The molecule has 1 saturated heterocycles. The molecule has 1 aliphatic heterocycles. The quantitative estimate of drug-likeness (QED) is 0.355. The molecule has 0 saturated carbocycles. The Morgan fingerprint density at radius 1 is 1.09 bits per heavy atom. The topological polar surface area (TPSA) is 78.1 Å². The lowest BCUT2D eigenvalue weighted by Gasteiger charge is -2.26. The van der Waals surface area contributed by atoms with E-state index in [1.165, 1.54) is 0 Å². The average Bonchev–Trinajstić information content (AvgIpc) is 3.24. The van der Waals surface area contributed by atoms with Crippen molar-refractivity contribution in [2.45, 2.75) is 33.2 Å². The van der Waals surface area contributed by atoms with E-state index in [4.69, 9.17) is 0 Å². The van der Waals surface area contributed by atoms with Crippen LogP contribution in [0.4, 0.5) is 0 Å². The zero-order valence-electron chi connectivity index (χ0n) is 19.8. The molecule has 1 aliphatic rings. The van der Waals surface area contributed by atoms with Gasteiger partial charge in [0.25, 0.3) is 11.7 Å². The number of hydrogen-bond donors (Lipinski definition) is 1. The number of Topliss-reactive ketones (excluding diaryl/α,β-unsaturated/α-hetero) is 1.